The summed E-state index contributed by atoms with van der Waals surface area (Å²) in [5.41, 5.74) is 6.33. The zero-order valence-corrected chi connectivity index (χ0v) is 10.3. The fourth-order valence-electron chi connectivity index (χ4n) is 1.57. The first-order chi connectivity index (χ1) is 8.61. The molecule has 0 aliphatic carbocycles. The van der Waals surface area contributed by atoms with Crippen LogP contribution in [-0.2, 0) is 20.0 Å². The molecule has 0 radical (unpaired) electrons. The summed E-state index contributed by atoms with van der Waals surface area (Å²) < 4.78 is 6.81. The van der Waals surface area contributed by atoms with Gasteiger partial charge in [0.1, 0.15) is 11.5 Å². The Kier molecular flexibility index (Phi) is 3.31. The van der Waals surface area contributed by atoms with Crippen molar-refractivity contribution in [1.82, 2.24) is 20.1 Å². The van der Waals surface area contributed by atoms with Gasteiger partial charge in [0.2, 0.25) is 5.89 Å². The number of nitrogens with zero attached hydrogens (tertiary/aromatic N) is 3. The summed E-state index contributed by atoms with van der Waals surface area (Å²) in [5.74, 6) is 0.962. The third-order valence-electron chi connectivity index (χ3n) is 2.53. The number of aromatic nitrogens is 3. The van der Waals surface area contributed by atoms with Crippen molar-refractivity contribution >= 4 is 11.6 Å². The van der Waals surface area contributed by atoms with Crippen LogP contribution < -0.4 is 11.1 Å². The molecule has 0 saturated heterocycles. The van der Waals surface area contributed by atoms with Gasteiger partial charge in [0, 0.05) is 13.5 Å². The summed E-state index contributed by atoms with van der Waals surface area (Å²) in [4.78, 5) is 15.9. The van der Waals surface area contributed by atoms with Gasteiger partial charge in [-0.1, -0.05) is 6.92 Å². The van der Waals surface area contributed by atoms with E-state index in [1.54, 1.807) is 13.2 Å². The molecule has 2 heterocycles. The van der Waals surface area contributed by atoms with Crippen molar-refractivity contribution in [3.8, 4) is 0 Å². The highest BCUT2D eigenvalue weighted by atomic mass is 16.4. The summed E-state index contributed by atoms with van der Waals surface area (Å²) in [6.45, 7) is 2.20. The molecule has 0 aromatic carbocycles. The Bertz CT molecular complexity index is 538. The van der Waals surface area contributed by atoms with E-state index in [0.29, 0.717) is 17.3 Å². The minimum absolute atomic E-state index is 0.226. The number of anilines is 1. The summed E-state index contributed by atoms with van der Waals surface area (Å²) in [6, 6.07) is 0. The number of nitrogen functional groups attached to an aromatic ring is 1. The fraction of sp³-hybridized carbons (Fsp3) is 0.364. The Morgan fingerprint density at radius 3 is 2.89 bits per heavy atom. The second-order valence-corrected chi connectivity index (χ2v) is 3.83. The monoisotopic (exact) mass is 249 g/mol. The fourth-order valence-corrected chi connectivity index (χ4v) is 1.57. The van der Waals surface area contributed by atoms with Crippen LogP contribution >= 0.6 is 0 Å². The van der Waals surface area contributed by atoms with E-state index < -0.39 is 0 Å². The van der Waals surface area contributed by atoms with Gasteiger partial charge >= 0.3 is 0 Å². The SMILES string of the molecule is CCc1cnc(CNC(=O)c2c(N)cnn2C)o1. The zero-order valence-electron chi connectivity index (χ0n) is 10.3. The van der Waals surface area contributed by atoms with Gasteiger partial charge in [-0.2, -0.15) is 5.10 Å². The molecule has 0 spiro atoms. The zero-order chi connectivity index (χ0) is 13.1. The van der Waals surface area contributed by atoms with Crippen LogP contribution in [-0.4, -0.2) is 20.7 Å². The van der Waals surface area contributed by atoms with E-state index in [0.717, 1.165) is 12.2 Å². The largest absolute Gasteiger partial charge is 0.444 e. The standard InChI is InChI=1S/C11H15N5O2/c1-3-7-4-13-9(18-7)6-14-11(17)10-8(12)5-15-16(10)2/h4-5H,3,6,12H2,1-2H3,(H,14,17). The van der Waals surface area contributed by atoms with E-state index in [9.17, 15) is 4.79 Å². The number of nitrogens with one attached hydrogen (secondary N) is 1. The van der Waals surface area contributed by atoms with Crippen molar-refractivity contribution < 1.29 is 9.21 Å². The molecule has 3 N–H and O–H groups in total. The highest BCUT2D eigenvalue weighted by molar-refractivity contribution is 5.97. The number of hydrogen-bond donors (Lipinski definition) is 2. The third kappa shape index (κ3) is 2.34. The van der Waals surface area contributed by atoms with Crippen LogP contribution in [0.5, 0.6) is 0 Å². The van der Waals surface area contributed by atoms with Gasteiger partial charge in [-0.3, -0.25) is 9.48 Å². The maximum absolute atomic E-state index is 11.9. The number of aryl methyl sites for hydroxylation is 2. The van der Waals surface area contributed by atoms with Crippen molar-refractivity contribution in [2.45, 2.75) is 19.9 Å². The van der Waals surface area contributed by atoms with Gasteiger partial charge in [0.05, 0.1) is 24.6 Å². The van der Waals surface area contributed by atoms with Crippen LogP contribution in [0.25, 0.3) is 0 Å². The Morgan fingerprint density at radius 1 is 1.56 bits per heavy atom. The summed E-state index contributed by atoms with van der Waals surface area (Å²) >= 11 is 0. The maximum atomic E-state index is 11.9. The number of oxazole rings is 1. The lowest BCUT2D eigenvalue weighted by molar-refractivity contribution is 0.0938. The smallest absolute Gasteiger partial charge is 0.272 e. The van der Waals surface area contributed by atoms with Crippen LogP contribution in [0.3, 0.4) is 0 Å². The normalized spacial score (nSPS) is 10.6. The molecule has 7 heteroatoms. The van der Waals surface area contributed by atoms with Crippen molar-refractivity contribution in [2.75, 3.05) is 5.73 Å². The number of carbonyl (C=O) groups excluding carboxylic acids is 1. The second-order valence-electron chi connectivity index (χ2n) is 3.83. The number of nitrogens with two attached hydrogens (primary N) is 1. The van der Waals surface area contributed by atoms with Gasteiger partial charge in [0.15, 0.2) is 0 Å². The number of rotatable bonds is 4. The molecule has 1 amide bonds. The second kappa shape index (κ2) is 4.91. The minimum Gasteiger partial charge on any atom is -0.444 e. The van der Waals surface area contributed by atoms with E-state index in [1.807, 2.05) is 6.92 Å². The summed E-state index contributed by atoms with van der Waals surface area (Å²) in [6.07, 6.45) is 3.87. The Morgan fingerprint density at radius 2 is 2.33 bits per heavy atom. The van der Waals surface area contributed by atoms with Crippen molar-refractivity contribution in [3.63, 3.8) is 0 Å². The quantitative estimate of drug-likeness (QED) is 0.821. The molecule has 2 aromatic heterocycles. The number of hydrogen-bond acceptors (Lipinski definition) is 5. The molecule has 2 aromatic rings. The maximum Gasteiger partial charge on any atom is 0.272 e. The first-order valence-electron chi connectivity index (χ1n) is 5.61. The van der Waals surface area contributed by atoms with Gasteiger partial charge in [-0.05, 0) is 0 Å². The predicted octanol–water partition coefficient (Wildman–Crippen LogP) is 0.483. The van der Waals surface area contributed by atoms with Crippen molar-refractivity contribution in [3.05, 3.63) is 29.7 Å². The van der Waals surface area contributed by atoms with E-state index in [4.69, 9.17) is 10.2 Å². The van der Waals surface area contributed by atoms with Crippen molar-refractivity contribution in [1.29, 1.82) is 0 Å². The third-order valence-corrected chi connectivity index (χ3v) is 2.53. The molecule has 0 aliphatic rings. The van der Waals surface area contributed by atoms with E-state index >= 15 is 0 Å². The number of amides is 1. The molecule has 7 nitrogen and oxygen atoms in total. The molecular weight excluding hydrogens is 234 g/mol. The Hall–Kier alpha value is -2.31. The van der Waals surface area contributed by atoms with E-state index in [-0.39, 0.29) is 12.5 Å². The average molecular weight is 249 g/mol. The molecule has 0 fully saturated rings. The minimum atomic E-state index is -0.302. The lowest BCUT2D eigenvalue weighted by Crippen LogP contribution is -2.26. The Balaban J connectivity index is 2.00. The van der Waals surface area contributed by atoms with Crippen LogP contribution in [0, 0.1) is 0 Å². The molecular formula is C11H15N5O2. The van der Waals surface area contributed by atoms with Crippen LogP contribution in [0.1, 0.15) is 29.1 Å². The van der Waals surface area contributed by atoms with Gasteiger partial charge in [0.25, 0.3) is 5.91 Å². The molecule has 0 bridgehead atoms. The first-order valence-corrected chi connectivity index (χ1v) is 5.61. The Labute approximate surface area is 104 Å². The van der Waals surface area contributed by atoms with Gasteiger partial charge in [-0.25, -0.2) is 4.98 Å². The molecule has 0 unspecified atom stereocenters. The highest BCUT2D eigenvalue weighted by Crippen LogP contribution is 2.09. The average Bonchev–Trinajstić information content (AvgIpc) is 2.93. The highest BCUT2D eigenvalue weighted by Gasteiger charge is 2.15. The molecule has 2 rings (SSSR count). The predicted molar refractivity (Wildman–Crippen MR) is 64.7 cm³/mol. The summed E-state index contributed by atoms with van der Waals surface area (Å²) in [7, 11) is 1.66. The molecule has 0 atom stereocenters. The van der Waals surface area contributed by atoms with E-state index in [2.05, 4.69) is 15.4 Å². The topological polar surface area (TPSA) is 99.0 Å². The molecule has 18 heavy (non-hydrogen) atoms. The van der Waals surface area contributed by atoms with Crippen LogP contribution in [0.4, 0.5) is 5.69 Å². The molecule has 0 saturated carbocycles. The lowest BCUT2D eigenvalue weighted by atomic mass is 10.3. The molecule has 0 aliphatic heterocycles. The lowest BCUT2D eigenvalue weighted by Gasteiger charge is -2.04. The van der Waals surface area contributed by atoms with Crippen molar-refractivity contribution in [2.24, 2.45) is 7.05 Å². The van der Waals surface area contributed by atoms with Gasteiger partial charge < -0.3 is 15.5 Å². The van der Waals surface area contributed by atoms with Crippen LogP contribution in [0.2, 0.25) is 0 Å². The first kappa shape index (κ1) is 12.2. The molecule has 96 valence electrons. The number of carbonyl (C=O) groups is 1. The van der Waals surface area contributed by atoms with Crippen LogP contribution in [0.15, 0.2) is 16.8 Å². The van der Waals surface area contributed by atoms with E-state index in [1.165, 1.54) is 10.9 Å². The van der Waals surface area contributed by atoms with Gasteiger partial charge in [-0.15, -0.1) is 0 Å². The summed E-state index contributed by atoms with van der Waals surface area (Å²) in [5, 5.41) is 6.59.